The summed E-state index contributed by atoms with van der Waals surface area (Å²) in [4.78, 5) is 20.1. The van der Waals surface area contributed by atoms with Gasteiger partial charge in [0.2, 0.25) is 16.0 Å². The van der Waals surface area contributed by atoms with Crippen LogP contribution >= 0.6 is 0 Å². The van der Waals surface area contributed by atoms with Gasteiger partial charge in [0.15, 0.2) is 6.61 Å². The number of anilines is 3. The Labute approximate surface area is 160 Å². The van der Waals surface area contributed by atoms with E-state index >= 15 is 0 Å². The molecular weight excluding hydrogens is 382 g/mol. The smallest absolute Gasteiger partial charge is 0.262 e. The van der Waals surface area contributed by atoms with Gasteiger partial charge in [-0.25, -0.2) is 23.5 Å². The van der Waals surface area contributed by atoms with Crippen molar-refractivity contribution in [2.24, 2.45) is 5.14 Å². The number of ether oxygens (including phenoxy) is 1. The van der Waals surface area contributed by atoms with E-state index in [4.69, 9.17) is 9.88 Å². The van der Waals surface area contributed by atoms with Crippen LogP contribution in [0.1, 0.15) is 0 Å². The molecule has 0 fully saturated rings. The Bertz CT molecular complexity index is 1180. The highest BCUT2D eigenvalue weighted by Gasteiger charge is 2.17. The lowest BCUT2D eigenvalue weighted by Gasteiger charge is -2.18. The second-order valence-electron chi connectivity index (χ2n) is 6.01. The summed E-state index contributed by atoms with van der Waals surface area (Å²) in [5, 5.41) is 10.9. The first-order valence-electron chi connectivity index (χ1n) is 8.18. The van der Waals surface area contributed by atoms with Gasteiger partial charge in [0, 0.05) is 17.4 Å². The summed E-state index contributed by atoms with van der Waals surface area (Å²) < 4.78 is 28.3. The fraction of sp³-hybridized carbons (Fsp3) is 0.0556. The molecule has 0 radical (unpaired) electrons. The molecule has 28 heavy (non-hydrogen) atoms. The van der Waals surface area contributed by atoms with Crippen molar-refractivity contribution in [1.29, 1.82) is 0 Å². The molecule has 1 aliphatic heterocycles. The van der Waals surface area contributed by atoms with Crippen molar-refractivity contribution in [3.63, 3.8) is 0 Å². The van der Waals surface area contributed by atoms with E-state index in [1.54, 1.807) is 36.5 Å². The summed E-state index contributed by atoms with van der Waals surface area (Å²) in [6.45, 7) is -0.00843. The van der Waals surface area contributed by atoms with Crippen LogP contribution in [0.25, 0.3) is 11.3 Å². The maximum Gasteiger partial charge on any atom is 0.262 e. The van der Waals surface area contributed by atoms with Crippen LogP contribution in [0.4, 0.5) is 17.3 Å². The molecule has 1 aliphatic rings. The molecule has 142 valence electrons. The lowest BCUT2D eigenvalue weighted by molar-refractivity contribution is -0.118. The third kappa shape index (κ3) is 3.77. The number of aromatic nitrogens is 2. The van der Waals surface area contributed by atoms with E-state index in [1.807, 2.05) is 6.07 Å². The van der Waals surface area contributed by atoms with Crippen LogP contribution < -0.4 is 20.5 Å². The molecule has 0 aliphatic carbocycles. The van der Waals surface area contributed by atoms with Gasteiger partial charge in [-0.3, -0.25) is 4.79 Å². The third-order valence-corrected chi connectivity index (χ3v) is 4.89. The molecule has 0 spiro atoms. The maximum absolute atomic E-state index is 11.5. The Morgan fingerprint density at radius 3 is 2.82 bits per heavy atom. The SMILES string of the molecule is NS(=O)(=O)c1cccc(Nc2nccc(-c3ccc4c(c3)NC(=O)CO4)n2)c1. The highest BCUT2D eigenvalue weighted by Crippen LogP contribution is 2.32. The quantitative estimate of drug-likeness (QED) is 0.611. The molecule has 0 atom stereocenters. The van der Waals surface area contributed by atoms with Gasteiger partial charge in [-0.1, -0.05) is 6.07 Å². The minimum Gasteiger partial charge on any atom is -0.482 e. The van der Waals surface area contributed by atoms with Crippen molar-refractivity contribution in [3.05, 3.63) is 54.7 Å². The van der Waals surface area contributed by atoms with Crippen molar-refractivity contribution >= 4 is 33.3 Å². The van der Waals surface area contributed by atoms with E-state index in [9.17, 15) is 13.2 Å². The van der Waals surface area contributed by atoms with E-state index in [0.717, 1.165) is 5.56 Å². The summed E-state index contributed by atoms with van der Waals surface area (Å²) >= 11 is 0. The van der Waals surface area contributed by atoms with Crippen LogP contribution in [0.5, 0.6) is 5.75 Å². The molecular formula is C18H15N5O4S. The zero-order chi connectivity index (χ0) is 19.7. The minimum absolute atomic E-state index is 0.00843. The number of hydrogen-bond donors (Lipinski definition) is 3. The highest BCUT2D eigenvalue weighted by atomic mass is 32.2. The minimum atomic E-state index is -3.81. The number of carbonyl (C=O) groups excluding carboxylic acids is 1. The molecule has 10 heteroatoms. The summed E-state index contributed by atoms with van der Waals surface area (Å²) in [6, 6.07) is 13.1. The van der Waals surface area contributed by atoms with Crippen LogP contribution in [0.2, 0.25) is 0 Å². The number of amides is 1. The molecule has 0 saturated carbocycles. The number of sulfonamides is 1. The van der Waals surface area contributed by atoms with Gasteiger partial charge in [-0.15, -0.1) is 0 Å². The Kier molecular flexibility index (Phi) is 4.41. The van der Waals surface area contributed by atoms with Gasteiger partial charge in [-0.2, -0.15) is 0 Å². The predicted molar refractivity (Wildman–Crippen MR) is 103 cm³/mol. The van der Waals surface area contributed by atoms with Crippen LogP contribution in [0.3, 0.4) is 0 Å². The van der Waals surface area contributed by atoms with Crippen molar-refractivity contribution < 1.29 is 17.9 Å². The molecule has 0 bridgehead atoms. The number of nitrogens with zero attached hydrogens (tertiary/aromatic N) is 2. The van der Waals surface area contributed by atoms with E-state index in [-0.39, 0.29) is 23.4 Å². The van der Waals surface area contributed by atoms with Gasteiger partial charge in [0.1, 0.15) is 5.75 Å². The predicted octanol–water partition coefficient (Wildman–Crippen LogP) is 1.87. The number of rotatable bonds is 4. The first kappa shape index (κ1) is 17.9. The second-order valence-corrected chi connectivity index (χ2v) is 7.57. The van der Waals surface area contributed by atoms with Gasteiger partial charge in [0.25, 0.3) is 5.91 Å². The Morgan fingerprint density at radius 1 is 1.14 bits per heavy atom. The second kappa shape index (κ2) is 6.91. The molecule has 3 aromatic rings. The molecule has 4 rings (SSSR count). The number of nitrogens with two attached hydrogens (primary N) is 1. The zero-order valence-corrected chi connectivity index (χ0v) is 15.2. The van der Waals surface area contributed by atoms with Gasteiger partial charge in [0.05, 0.1) is 16.3 Å². The monoisotopic (exact) mass is 397 g/mol. The Hall–Kier alpha value is -3.50. The zero-order valence-electron chi connectivity index (χ0n) is 14.4. The number of nitrogens with one attached hydrogen (secondary N) is 2. The largest absolute Gasteiger partial charge is 0.482 e. The van der Waals surface area contributed by atoms with Crippen LogP contribution in [-0.2, 0) is 14.8 Å². The lowest BCUT2D eigenvalue weighted by Crippen LogP contribution is -2.25. The molecule has 0 unspecified atom stereocenters. The average molecular weight is 397 g/mol. The van der Waals surface area contributed by atoms with Crippen molar-refractivity contribution in [3.8, 4) is 17.0 Å². The number of hydrogen-bond acceptors (Lipinski definition) is 7. The molecule has 2 aromatic carbocycles. The maximum atomic E-state index is 11.5. The molecule has 2 heterocycles. The van der Waals surface area contributed by atoms with Crippen molar-refractivity contribution in [1.82, 2.24) is 9.97 Å². The van der Waals surface area contributed by atoms with E-state index in [2.05, 4.69) is 20.6 Å². The number of primary sulfonamides is 1. The number of carbonyl (C=O) groups is 1. The highest BCUT2D eigenvalue weighted by molar-refractivity contribution is 7.89. The van der Waals surface area contributed by atoms with Crippen LogP contribution in [0, 0.1) is 0 Å². The number of fused-ring (bicyclic) bond motifs is 1. The van der Waals surface area contributed by atoms with E-state index in [0.29, 0.717) is 22.8 Å². The first-order chi connectivity index (χ1) is 13.4. The molecule has 9 nitrogen and oxygen atoms in total. The van der Waals surface area contributed by atoms with Crippen LogP contribution in [-0.4, -0.2) is 30.9 Å². The molecule has 0 saturated heterocycles. The summed E-state index contributed by atoms with van der Waals surface area (Å²) in [5.41, 5.74) is 2.42. The van der Waals surface area contributed by atoms with Gasteiger partial charge < -0.3 is 15.4 Å². The topological polar surface area (TPSA) is 136 Å². The normalized spacial score (nSPS) is 13.2. The van der Waals surface area contributed by atoms with Crippen LogP contribution in [0.15, 0.2) is 59.6 Å². The Balaban J connectivity index is 1.62. The fourth-order valence-electron chi connectivity index (χ4n) is 2.70. The van der Waals surface area contributed by atoms with E-state index < -0.39 is 10.0 Å². The third-order valence-electron chi connectivity index (χ3n) is 3.98. The molecule has 1 amide bonds. The Morgan fingerprint density at radius 2 is 2.00 bits per heavy atom. The van der Waals surface area contributed by atoms with Crippen molar-refractivity contribution in [2.75, 3.05) is 17.2 Å². The van der Waals surface area contributed by atoms with Gasteiger partial charge >= 0.3 is 0 Å². The summed E-state index contributed by atoms with van der Waals surface area (Å²) in [7, 11) is -3.81. The van der Waals surface area contributed by atoms with Gasteiger partial charge in [-0.05, 0) is 42.5 Å². The molecule has 1 aromatic heterocycles. The average Bonchev–Trinajstić information content (AvgIpc) is 2.67. The number of benzene rings is 2. The summed E-state index contributed by atoms with van der Waals surface area (Å²) in [5.74, 6) is 0.655. The first-order valence-corrected chi connectivity index (χ1v) is 9.73. The lowest BCUT2D eigenvalue weighted by atomic mass is 10.1. The summed E-state index contributed by atoms with van der Waals surface area (Å²) in [6.07, 6.45) is 1.57. The molecule has 4 N–H and O–H groups in total. The standard InChI is InChI=1S/C18H15N5O4S/c19-28(25,26)13-3-1-2-12(9-13)21-18-20-7-6-14(23-18)11-4-5-16-15(8-11)22-17(24)10-27-16/h1-9H,10H2,(H,22,24)(H2,19,25,26)(H,20,21,23). The fourth-order valence-corrected chi connectivity index (χ4v) is 3.26. The van der Waals surface area contributed by atoms with E-state index in [1.165, 1.54) is 12.1 Å². The van der Waals surface area contributed by atoms with Crippen molar-refractivity contribution in [2.45, 2.75) is 4.90 Å².